The lowest BCUT2D eigenvalue weighted by molar-refractivity contribution is -0.161. The van der Waals surface area contributed by atoms with Crippen LogP contribution in [-0.2, 0) is 65.4 Å². The van der Waals surface area contributed by atoms with E-state index in [1.807, 2.05) is 0 Å². The Bertz CT molecular complexity index is 1950. The summed E-state index contributed by atoms with van der Waals surface area (Å²) in [5.41, 5.74) is 0. The zero-order valence-corrected chi connectivity index (χ0v) is 65.0. The quantitative estimate of drug-likeness (QED) is 0.0169. The average Bonchev–Trinajstić information content (AvgIpc) is 0.959. The third kappa shape index (κ3) is 71.9. The fourth-order valence-electron chi connectivity index (χ4n) is 11.7. The van der Waals surface area contributed by atoms with Crippen LogP contribution in [0.3, 0.4) is 0 Å². The Morgan fingerprint density at radius 2 is 0.490 bits per heavy atom. The monoisotopic (exact) mass is 1430 g/mol. The molecule has 0 radical (unpaired) electrons. The highest BCUT2D eigenvalue weighted by atomic mass is 31.2. The molecule has 0 aromatic carbocycles. The molecule has 0 aromatic heterocycles. The number of hydrogen-bond acceptors (Lipinski definition) is 15. The summed E-state index contributed by atoms with van der Waals surface area (Å²) in [5.74, 6) is -2.14. The van der Waals surface area contributed by atoms with Crippen LogP contribution in [0.4, 0.5) is 0 Å². The van der Waals surface area contributed by atoms with Crippen LogP contribution in [0.1, 0.15) is 400 Å². The Morgan fingerprint density at radius 1 is 0.286 bits per heavy atom. The van der Waals surface area contributed by atoms with Crippen molar-refractivity contribution in [2.75, 3.05) is 39.6 Å². The van der Waals surface area contributed by atoms with Gasteiger partial charge in [0, 0.05) is 25.7 Å². The van der Waals surface area contributed by atoms with Gasteiger partial charge in [0.25, 0.3) is 0 Å². The topological polar surface area (TPSA) is 237 Å². The first kappa shape index (κ1) is 95.5. The minimum absolute atomic E-state index is 0.0852. The summed E-state index contributed by atoms with van der Waals surface area (Å²) < 4.78 is 68.5. The van der Waals surface area contributed by atoms with Crippen LogP contribution in [0.5, 0.6) is 0 Å². The molecular formula is C79H150O17P2. The third-order valence-electron chi connectivity index (χ3n) is 18.0. The van der Waals surface area contributed by atoms with E-state index in [1.54, 1.807) is 0 Å². The van der Waals surface area contributed by atoms with Gasteiger partial charge in [-0.15, -0.1) is 0 Å². The van der Waals surface area contributed by atoms with Crippen LogP contribution in [-0.4, -0.2) is 96.7 Å². The molecule has 578 valence electrons. The molecule has 98 heavy (non-hydrogen) atoms. The molecule has 0 aliphatic heterocycles. The molecule has 0 bridgehead atoms. The van der Waals surface area contributed by atoms with Gasteiger partial charge >= 0.3 is 39.5 Å². The maximum atomic E-state index is 13.1. The van der Waals surface area contributed by atoms with Crippen LogP contribution in [0.25, 0.3) is 0 Å². The predicted molar refractivity (Wildman–Crippen MR) is 400 cm³/mol. The molecule has 17 nitrogen and oxygen atoms in total. The fourth-order valence-corrected chi connectivity index (χ4v) is 13.3. The van der Waals surface area contributed by atoms with E-state index < -0.39 is 97.5 Å². The fraction of sp³-hybridized carbons (Fsp3) is 0.899. The number of allylic oxidation sites excluding steroid dienone is 4. The standard InChI is InChI=1S/C79H150O17P2/c1-5-9-13-17-21-24-27-30-33-35-36-38-41-44-47-50-54-58-62-66-79(84)96-75(70-90-77(82)64-60-56-52-48-45-42-40-37-34-31-28-25-22-18-14-10-6-2)72-94-98(87,88)92-68-73(80)67-91-97(85,86)93-71-74(69-89-76(81)63-59-55-51-20-16-12-8-4)95-78(83)65-61-57-53-49-46-43-39-32-29-26-23-19-15-11-7-3/h26,29,32,39,73-75,80H,5-25,27-28,30-31,33-38,40-72H2,1-4H3,(H,85,86)(H,87,88)/b29-26-,39-32-/t73-,74+,75+/m0/s1. The van der Waals surface area contributed by atoms with Crippen LogP contribution in [0, 0.1) is 0 Å². The Labute approximate surface area is 599 Å². The lowest BCUT2D eigenvalue weighted by Crippen LogP contribution is -2.30. The number of aliphatic hydroxyl groups is 1. The Morgan fingerprint density at radius 3 is 0.745 bits per heavy atom. The van der Waals surface area contributed by atoms with Gasteiger partial charge in [0.15, 0.2) is 12.2 Å². The van der Waals surface area contributed by atoms with Crippen molar-refractivity contribution in [3.63, 3.8) is 0 Å². The van der Waals surface area contributed by atoms with Crippen molar-refractivity contribution >= 4 is 39.5 Å². The van der Waals surface area contributed by atoms with E-state index in [-0.39, 0.29) is 25.7 Å². The van der Waals surface area contributed by atoms with Crippen molar-refractivity contribution in [2.24, 2.45) is 0 Å². The smallest absolute Gasteiger partial charge is 0.462 e. The van der Waals surface area contributed by atoms with Gasteiger partial charge in [-0.2, -0.15) is 0 Å². The largest absolute Gasteiger partial charge is 0.472 e. The number of ether oxygens (including phenoxy) is 4. The minimum Gasteiger partial charge on any atom is -0.462 e. The van der Waals surface area contributed by atoms with Crippen molar-refractivity contribution in [2.45, 2.75) is 418 Å². The van der Waals surface area contributed by atoms with Crippen molar-refractivity contribution < 1.29 is 80.2 Å². The number of carbonyl (C=O) groups excluding carboxylic acids is 4. The zero-order chi connectivity index (χ0) is 71.8. The molecule has 0 heterocycles. The van der Waals surface area contributed by atoms with Crippen LogP contribution in [0.2, 0.25) is 0 Å². The van der Waals surface area contributed by atoms with E-state index >= 15 is 0 Å². The minimum atomic E-state index is -4.96. The van der Waals surface area contributed by atoms with Gasteiger partial charge in [0.1, 0.15) is 19.3 Å². The second-order valence-corrected chi connectivity index (χ2v) is 30.7. The molecular weight excluding hydrogens is 1280 g/mol. The highest BCUT2D eigenvalue weighted by Crippen LogP contribution is 2.45. The Kier molecular flexibility index (Phi) is 71.0. The molecule has 19 heteroatoms. The molecule has 3 N–H and O–H groups in total. The molecule has 0 spiro atoms. The number of unbranched alkanes of at least 4 members (excludes halogenated alkanes) is 49. The summed E-state index contributed by atoms with van der Waals surface area (Å²) in [4.78, 5) is 72.8. The van der Waals surface area contributed by atoms with E-state index in [0.29, 0.717) is 25.7 Å². The highest BCUT2D eigenvalue weighted by molar-refractivity contribution is 7.47. The second kappa shape index (κ2) is 72.9. The summed E-state index contributed by atoms with van der Waals surface area (Å²) in [5, 5.41) is 10.6. The third-order valence-corrected chi connectivity index (χ3v) is 19.9. The van der Waals surface area contributed by atoms with E-state index in [2.05, 4.69) is 52.0 Å². The summed E-state index contributed by atoms with van der Waals surface area (Å²) in [6, 6.07) is 0. The van der Waals surface area contributed by atoms with Crippen LogP contribution < -0.4 is 0 Å². The van der Waals surface area contributed by atoms with Crippen molar-refractivity contribution in [1.29, 1.82) is 0 Å². The molecule has 0 aromatic rings. The number of hydrogen-bond donors (Lipinski definition) is 3. The number of rotatable bonds is 78. The maximum Gasteiger partial charge on any atom is 0.472 e. The predicted octanol–water partition coefficient (Wildman–Crippen LogP) is 23.3. The summed E-state index contributed by atoms with van der Waals surface area (Å²) >= 11 is 0. The lowest BCUT2D eigenvalue weighted by atomic mass is 10.0. The number of phosphoric ester groups is 2. The number of carbonyl (C=O) groups is 4. The molecule has 5 atom stereocenters. The van der Waals surface area contributed by atoms with Crippen molar-refractivity contribution in [3.8, 4) is 0 Å². The zero-order valence-electron chi connectivity index (χ0n) is 63.2. The summed E-state index contributed by atoms with van der Waals surface area (Å²) in [6.07, 6.45) is 67.6. The van der Waals surface area contributed by atoms with Crippen LogP contribution in [0.15, 0.2) is 24.3 Å². The highest BCUT2D eigenvalue weighted by Gasteiger charge is 2.30. The summed E-state index contributed by atoms with van der Waals surface area (Å²) in [7, 11) is -9.92. The molecule has 0 rings (SSSR count). The van der Waals surface area contributed by atoms with Gasteiger partial charge < -0.3 is 33.8 Å². The molecule has 0 saturated heterocycles. The Balaban J connectivity index is 5.21. The molecule has 0 saturated carbocycles. The number of esters is 4. The van der Waals surface area contributed by atoms with E-state index in [9.17, 15) is 43.2 Å². The molecule has 0 amide bonds. The molecule has 0 aliphatic carbocycles. The first-order chi connectivity index (χ1) is 47.7. The van der Waals surface area contributed by atoms with Gasteiger partial charge in [-0.25, -0.2) is 9.13 Å². The molecule has 0 aliphatic rings. The number of aliphatic hydroxyl groups excluding tert-OH is 1. The van der Waals surface area contributed by atoms with E-state index in [0.717, 1.165) is 116 Å². The van der Waals surface area contributed by atoms with Gasteiger partial charge in [0.2, 0.25) is 0 Å². The first-order valence-electron chi connectivity index (χ1n) is 40.6. The van der Waals surface area contributed by atoms with E-state index in [1.165, 1.54) is 205 Å². The first-order valence-corrected chi connectivity index (χ1v) is 43.6. The average molecular weight is 1430 g/mol. The molecule has 2 unspecified atom stereocenters. The maximum absolute atomic E-state index is 13.1. The van der Waals surface area contributed by atoms with Gasteiger partial charge in [-0.1, -0.05) is 347 Å². The van der Waals surface area contributed by atoms with Gasteiger partial charge in [-0.05, 0) is 51.4 Å². The van der Waals surface area contributed by atoms with Crippen LogP contribution >= 0.6 is 15.6 Å². The SMILES string of the molecule is CCCCCC/C=C\C=C/CCCCCCCC(=O)O[C@H](COC(=O)CCCCCCCCC)COP(=O)(O)OC[C@H](O)COP(=O)(O)OC[C@@H](COC(=O)CCCCCCCCCCCCCCCCCCC)OC(=O)CCCCCCCCCCCCCCCCCCCCC. The normalized spacial score (nSPS) is 14.0. The second-order valence-electron chi connectivity index (χ2n) is 27.8. The van der Waals surface area contributed by atoms with Crippen molar-refractivity contribution in [3.05, 3.63) is 24.3 Å². The number of phosphoric acid groups is 2. The summed E-state index contributed by atoms with van der Waals surface area (Å²) in [6.45, 7) is 4.90. The Hall–Kier alpha value is -2.46. The van der Waals surface area contributed by atoms with Gasteiger partial charge in [-0.3, -0.25) is 37.3 Å². The molecule has 0 fully saturated rings. The van der Waals surface area contributed by atoms with Crippen molar-refractivity contribution in [1.82, 2.24) is 0 Å². The van der Waals surface area contributed by atoms with Gasteiger partial charge in [0.05, 0.1) is 26.4 Å². The lowest BCUT2D eigenvalue weighted by Gasteiger charge is -2.21. The van der Waals surface area contributed by atoms with E-state index in [4.69, 9.17) is 37.0 Å².